The molecule has 0 aromatic rings. The predicted molar refractivity (Wildman–Crippen MR) is 43.3 cm³/mol. The molecule has 0 rings (SSSR count). The summed E-state index contributed by atoms with van der Waals surface area (Å²) in [7, 11) is 0. The fraction of sp³-hybridized carbons (Fsp3) is 0.833. The molecule has 0 saturated carbocycles. The summed E-state index contributed by atoms with van der Waals surface area (Å²) in [4.78, 5) is 8.33. The number of aliphatic hydroxyl groups excluding tert-OH is 5. The summed E-state index contributed by atoms with van der Waals surface area (Å²) >= 11 is 0. The van der Waals surface area contributed by atoms with Gasteiger partial charge in [-0.1, -0.05) is 0 Å². The molecule has 0 saturated heterocycles. The molecule has 0 spiro atoms. The molecule has 0 radical (unpaired) electrons. The van der Waals surface area contributed by atoms with Crippen molar-refractivity contribution in [2.24, 2.45) is 0 Å². The normalized spacial score (nSPS) is 15.0. The zero-order valence-electron chi connectivity index (χ0n) is 7.81. The summed E-state index contributed by atoms with van der Waals surface area (Å²) in [6.07, 6.45) is -6.63. The molecule has 86 valence electrons. The standard InChI is InChI=1S/C5H12O5.CH2O3.Ca/c6-1-3(8)5(10)4(9)2-7;2-1(3)4;/h3-10H,1-2H2;(H2,2,3,4);/q;;+2/p-2/t3-,4+,5?;;. The molecule has 0 heterocycles. The van der Waals surface area contributed by atoms with Crippen LogP contribution in [0.4, 0.5) is 4.79 Å². The molecule has 0 aliphatic rings. The van der Waals surface area contributed by atoms with E-state index in [4.69, 9.17) is 40.5 Å². The van der Waals surface area contributed by atoms with E-state index in [0.29, 0.717) is 0 Å². The number of rotatable bonds is 4. The van der Waals surface area contributed by atoms with Gasteiger partial charge in [0.25, 0.3) is 0 Å². The van der Waals surface area contributed by atoms with Gasteiger partial charge in [0, 0.05) is 0 Å². The molecule has 0 aliphatic heterocycles. The van der Waals surface area contributed by atoms with Gasteiger partial charge in [-0.05, 0) is 6.16 Å². The van der Waals surface area contributed by atoms with Gasteiger partial charge in [0.15, 0.2) is 0 Å². The van der Waals surface area contributed by atoms with Gasteiger partial charge < -0.3 is 40.5 Å². The fourth-order valence-corrected chi connectivity index (χ4v) is 0.472. The second-order valence-electron chi connectivity index (χ2n) is 2.24. The summed E-state index contributed by atoms with van der Waals surface area (Å²) in [6.45, 7) is -1.28. The van der Waals surface area contributed by atoms with Crippen LogP contribution in [0.5, 0.6) is 0 Å². The molecule has 0 aromatic heterocycles. The van der Waals surface area contributed by atoms with Crippen LogP contribution in [0.15, 0.2) is 0 Å². The Hall–Kier alpha value is 0.330. The van der Waals surface area contributed by atoms with Crippen molar-refractivity contribution in [2.75, 3.05) is 13.2 Å². The quantitative estimate of drug-likeness (QED) is 0.309. The van der Waals surface area contributed by atoms with Gasteiger partial charge in [0.05, 0.1) is 13.2 Å². The van der Waals surface area contributed by atoms with E-state index in [1.54, 1.807) is 0 Å². The Morgan fingerprint density at radius 3 is 1.33 bits per heavy atom. The predicted octanol–water partition coefficient (Wildman–Crippen LogP) is -5.77. The van der Waals surface area contributed by atoms with Crippen LogP contribution in [-0.4, -0.2) is 101 Å². The molecule has 0 aromatic carbocycles. The van der Waals surface area contributed by atoms with Gasteiger partial charge in [0.1, 0.15) is 18.3 Å². The van der Waals surface area contributed by atoms with Crippen molar-refractivity contribution in [3.05, 3.63) is 0 Å². The van der Waals surface area contributed by atoms with E-state index in [2.05, 4.69) is 0 Å². The van der Waals surface area contributed by atoms with E-state index in [1.165, 1.54) is 0 Å². The molecular weight excluding hydrogens is 240 g/mol. The molecule has 15 heavy (non-hydrogen) atoms. The third-order valence-electron chi connectivity index (χ3n) is 1.16. The minimum absolute atomic E-state index is 0. The molecule has 8 nitrogen and oxygen atoms in total. The molecule has 0 bridgehead atoms. The van der Waals surface area contributed by atoms with Crippen LogP contribution in [0.1, 0.15) is 0 Å². The van der Waals surface area contributed by atoms with E-state index < -0.39 is 37.7 Å². The molecular formula is C6H12CaO8. The number of carboxylic acid groups (broad SMARTS) is 2. The summed E-state index contributed by atoms with van der Waals surface area (Å²) in [5.41, 5.74) is 0. The summed E-state index contributed by atoms with van der Waals surface area (Å²) in [5, 5.41) is 59.2. The average molecular weight is 252 g/mol. The van der Waals surface area contributed by atoms with Gasteiger partial charge in [-0.15, -0.1) is 0 Å². The largest absolute Gasteiger partial charge is 2.00 e. The zero-order chi connectivity index (χ0) is 11.7. The van der Waals surface area contributed by atoms with Crippen LogP contribution in [0.25, 0.3) is 0 Å². The Balaban J connectivity index is -0.000000249. The van der Waals surface area contributed by atoms with Crippen LogP contribution >= 0.6 is 0 Å². The second-order valence-corrected chi connectivity index (χ2v) is 2.24. The third-order valence-corrected chi connectivity index (χ3v) is 1.16. The zero-order valence-corrected chi connectivity index (χ0v) is 10.0. The average Bonchev–Trinajstić information content (AvgIpc) is 2.13. The summed E-state index contributed by atoms with van der Waals surface area (Å²) in [5.74, 6) is 0. The maximum absolute atomic E-state index is 8.77. The van der Waals surface area contributed by atoms with E-state index in [9.17, 15) is 0 Å². The van der Waals surface area contributed by atoms with E-state index in [-0.39, 0.29) is 37.7 Å². The first-order chi connectivity index (χ1) is 6.36. The number of hydrogen-bond donors (Lipinski definition) is 5. The maximum Gasteiger partial charge on any atom is 2.00 e. The Morgan fingerprint density at radius 1 is 1.00 bits per heavy atom. The van der Waals surface area contributed by atoms with Crippen molar-refractivity contribution < 1.29 is 40.5 Å². The Morgan fingerprint density at radius 2 is 1.20 bits per heavy atom. The number of aliphatic hydroxyl groups is 5. The van der Waals surface area contributed by atoms with E-state index >= 15 is 0 Å². The van der Waals surface area contributed by atoms with Gasteiger partial charge >= 0.3 is 37.7 Å². The van der Waals surface area contributed by atoms with Crippen LogP contribution < -0.4 is 10.2 Å². The first-order valence-corrected chi connectivity index (χ1v) is 3.50. The van der Waals surface area contributed by atoms with Crippen LogP contribution in [-0.2, 0) is 0 Å². The minimum Gasteiger partial charge on any atom is -0.652 e. The smallest absolute Gasteiger partial charge is 0.652 e. The van der Waals surface area contributed by atoms with E-state index in [1.807, 2.05) is 0 Å². The number of carbonyl (C=O) groups excluding carboxylic acids is 1. The van der Waals surface area contributed by atoms with E-state index in [0.717, 1.165) is 0 Å². The van der Waals surface area contributed by atoms with Crippen LogP contribution in [0, 0.1) is 0 Å². The van der Waals surface area contributed by atoms with Crippen molar-refractivity contribution in [1.29, 1.82) is 0 Å². The van der Waals surface area contributed by atoms with Crippen molar-refractivity contribution in [3.8, 4) is 0 Å². The molecule has 1 unspecified atom stereocenters. The van der Waals surface area contributed by atoms with Crippen molar-refractivity contribution in [2.45, 2.75) is 18.3 Å². The molecule has 0 aliphatic carbocycles. The summed E-state index contributed by atoms with van der Waals surface area (Å²) in [6, 6.07) is 0. The Kier molecular flexibility index (Phi) is 17.1. The second kappa shape index (κ2) is 12.4. The first kappa shape index (κ1) is 20.7. The molecule has 9 heteroatoms. The van der Waals surface area contributed by atoms with Gasteiger partial charge in [-0.3, -0.25) is 0 Å². The SMILES string of the molecule is O=C([O-])[O-].OC[C@@H](O)C(O)[C@@H](O)CO.[Ca+2]. The number of carbonyl (C=O) groups is 1. The molecule has 3 atom stereocenters. The minimum atomic E-state index is -2.33. The number of hydrogen-bond acceptors (Lipinski definition) is 8. The van der Waals surface area contributed by atoms with Gasteiger partial charge in [-0.25, -0.2) is 0 Å². The third kappa shape index (κ3) is 14.3. The van der Waals surface area contributed by atoms with Crippen LogP contribution in [0.2, 0.25) is 0 Å². The van der Waals surface area contributed by atoms with Crippen molar-refractivity contribution >= 4 is 43.9 Å². The topological polar surface area (TPSA) is 164 Å². The van der Waals surface area contributed by atoms with Crippen molar-refractivity contribution in [1.82, 2.24) is 0 Å². The van der Waals surface area contributed by atoms with Gasteiger partial charge in [0.2, 0.25) is 0 Å². The van der Waals surface area contributed by atoms with Crippen molar-refractivity contribution in [3.63, 3.8) is 0 Å². The fourth-order valence-electron chi connectivity index (χ4n) is 0.472. The molecule has 0 fully saturated rings. The molecule has 0 amide bonds. The van der Waals surface area contributed by atoms with Crippen LogP contribution in [0.3, 0.4) is 0 Å². The Labute approximate surface area is 115 Å². The van der Waals surface area contributed by atoms with Gasteiger partial charge in [-0.2, -0.15) is 0 Å². The molecule has 5 N–H and O–H groups in total. The monoisotopic (exact) mass is 252 g/mol. The Bertz CT molecular complexity index is 140. The first-order valence-electron chi connectivity index (χ1n) is 3.50. The maximum atomic E-state index is 8.77. The summed E-state index contributed by atoms with van der Waals surface area (Å²) < 4.78 is 0.